The second kappa shape index (κ2) is 8.02. The third-order valence-corrected chi connectivity index (χ3v) is 5.12. The van der Waals surface area contributed by atoms with Gasteiger partial charge < -0.3 is 5.32 Å². The highest BCUT2D eigenvalue weighted by molar-refractivity contribution is 5.96. The van der Waals surface area contributed by atoms with Gasteiger partial charge in [-0.3, -0.25) is 9.36 Å². The Morgan fingerprint density at radius 1 is 1.26 bits per heavy atom. The van der Waals surface area contributed by atoms with Gasteiger partial charge in [0.2, 0.25) is 0 Å². The summed E-state index contributed by atoms with van der Waals surface area (Å²) in [7, 11) is 0. The maximum Gasteiger partial charge on any atom is 0.345 e. The Morgan fingerprint density at radius 2 is 1.96 bits per heavy atom. The summed E-state index contributed by atoms with van der Waals surface area (Å²) in [6.07, 6.45) is 4.56. The van der Waals surface area contributed by atoms with Crippen LogP contribution in [0.3, 0.4) is 0 Å². The van der Waals surface area contributed by atoms with Gasteiger partial charge in [-0.2, -0.15) is 5.10 Å². The van der Waals surface area contributed by atoms with Crippen molar-refractivity contribution in [3.8, 4) is 0 Å². The molecule has 8 nitrogen and oxygen atoms in total. The predicted molar refractivity (Wildman–Crippen MR) is 102 cm³/mol. The largest absolute Gasteiger partial charge is 0.349 e. The first kappa shape index (κ1) is 19.3. The minimum atomic E-state index is -0.149. The summed E-state index contributed by atoms with van der Waals surface area (Å²) in [5.74, 6) is 1.20. The molecule has 1 aliphatic rings. The Balaban J connectivity index is 1.67. The molecule has 2 aromatic heterocycles. The van der Waals surface area contributed by atoms with E-state index in [1.54, 1.807) is 9.25 Å². The molecule has 0 saturated carbocycles. The molecule has 0 bridgehead atoms. The van der Waals surface area contributed by atoms with Gasteiger partial charge in [0, 0.05) is 25.6 Å². The molecule has 1 aliphatic heterocycles. The molecule has 1 unspecified atom stereocenters. The van der Waals surface area contributed by atoms with Crippen LogP contribution in [0.4, 0.5) is 0 Å². The maximum absolute atomic E-state index is 12.7. The van der Waals surface area contributed by atoms with Crippen molar-refractivity contribution in [3.63, 3.8) is 0 Å². The van der Waals surface area contributed by atoms with E-state index in [4.69, 9.17) is 0 Å². The Hall–Kier alpha value is -2.51. The number of hydrogen-bond acceptors (Lipinski definition) is 5. The van der Waals surface area contributed by atoms with Crippen LogP contribution in [0.5, 0.6) is 0 Å². The molecule has 0 spiro atoms. The van der Waals surface area contributed by atoms with Gasteiger partial charge in [0.05, 0.1) is 17.0 Å². The molecule has 0 saturated heterocycles. The predicted octanol–water partition coefficient (Wildman–Crippen LogP) is 1.63. The Bertz CT molecular complexity index is 863. The fraction of sp³-hybridized carbons (Fsp3) is 0.632. The van der Waals surface area contributed by atoms with Crippen molar-refractivity contribution in [2.75, 3.05) is 0 Å². The standard InChI is InChI=1S/C19H28N6O2/c1-12(2)7-10-25-19(27)24-9-8-15(5-6-16(24)23-25)22-18(26)17-13(3)20-11-21-14(17)4/h11-12,15H,5-10H2,1-4H3,(H,22,26). The highest BCUT2D eigenvalue weighted by Crippen LogP contribution is 2.15. The molecule has 8 heteroatoms. The summed E-state index contributed by atoms with van der Waals surface area (Å²) in [4.78, 5) is 33.5. The number of nitrogens with one attached hydrogen (secondary N) is 1. The van der Waals surface area contributed by atoms with Crippen molar-refractivity contribution in [2.24, 2.45) is 5.92 Å². The molecule has 3 heterocycles. The van der Waals surface area contributed by atoms with Gasteiger partial charge in [-0.05, 0) is 39.0 Å². The van der Waals surface area contributed by atoms with Crippen LogP contribution < -0.4 is 11.0 Å². The second-order valence-corrected chi connectivity index (χ2v) is 7.67. The number of hydrogen-bond donors (Lipinski definition) is 1. The highest BCUT2D eigenvalue weighted by Gasteiger charge is 2.23. The minimum absolute atomic E-state index is 0.00159. The van der Waals surface area contributed by atoms with E-state index in [0.717, 1.165) is 18.7 Å². The van der Waals surface area contributed by atoms with E-state index in [1.807, 2.05) is 13.8 Å². The van der Waals surface area contributed by atoms with Crippen LogP contribution in [0.15, 0.2) is 11.1 Å². The summed E-state index contributed by atoms with van der Waals surface area (Å²) in [5.41, 5.74) is 1.85. The van der Waals surface area contributed by atoms with Crippen LogP contribution in [0.2, 0.25) is 0 Å². The molecule has 2 aromatic rings. The van der Waals surface area contributed by atoms with E-state index in [-0.39, 0.29) is 17.6 Å². The fourth-order valence-corrected chi connectivity index (χ4v) is 3.48. The van der Waals surface area contributed by atoms with Crippen molar-refractivity contribution >= 4 is 5.91 Å². The smallest absolute Gasteiger partial charge is 0.345 e. The maximum atomic E-state index is 12.7. The average molecular weight is 372 g/mol. The summed E-state index contributed by atoms with van der Waals surface area (Å²) >= 11 is 0. The number of carbonyl (C=O) groups is 1. The lowest BCUT2D eigenvalue weighted by Gasteiger charge is -2.17. The highest BCUT2D eigenvalue weighted by atomic mass is 16.2. The first-order valence-corrected chi connectivity index (χ1v) is 9.62. The lowest BCUT2D eigenvalue weighted by molar-refractivity contribution is 0.0930. The monoisotopic (exact) mass is 372 g/mol. The Morgan fingerprint density at radius 3 is 2.63 bits per heavy atom. The number of carbonyl (C=O) groups excluding carboxylic acids is 1. The zero-order chi connectivity index (χ0) is 19.6. The van der Waals surface area contributed by atoms with Gasteiger partial charge in [-0.25, -0.2) is 19.4 Å². The number of aryl methyl sites for hydroxylation is 4. The fourth-order valence-electron chi connectivity index (χ4n) is 3.48. The summed E-state index contributed by atoms with van der Waals surface area (Å²) in [6.45, 7) is 9.13. The Labute approximate surface area is 159 Å². The molecule has 0 radical (unpaired) electrons. The van der Waals surface area contributed by atoms with Crippen LogP contribution >= 0.6 is 0 Å². The van der Waals surface area contributed by atoms with Crippen LogP contribution in [0.1, 0.15) is 60.7 Å². The molecule has 0 fully saturated rings. The molecule has 27 heavy (non-hydrogen) atoms. The van der Waals surface area contributed by atoms with Crippen LogP contribution in [0.25, 0.3) is 0 Å². The van der Waals surface area contributed by atoms with Crippen LogP contribution in [-0.2, 0) is 19.5 Å². The van der Waals surface area contributed by atoms with Gasteiger partial charge in [-0.1, -0.05) is 13.8 Å². The lowest BCUT2D eigenvalue weighted by Crippen LogP contribution is -2.36. The molecular weight excluding hydrogens is 344 g/mol. The zero-order valence-corrected chi connectivity index (χ0v) is 16.5. The van der Waals surface area contributed by atoms with Gasteiger partial charge >= 0.3 is 5.69 Å². The minimum Gasteiger partial charge on any atom is -0.349 e. The van der Waals surface area contributed by atoms with Crippen LogP contribution in [-0.4, -0.2) is 36.3 Å². The van der Waals surface area contributed by atoms with Gasteiger partial charge in [0.1, 0.15) is 12.2 Å². The molecule has 3 rings (SSSR count). The van der Waals surface area contributed by atoms with Gasteiger partial charge in [0.15, 0.2) is 0 Å². The number of aromatic nitrogens is 5. The zero-order valence-electron chi connectivity index (χ0n) is 16.5. The Kier molecular flexibility index (Phi) is 5.72. The summed E-state index contributed by atoms with van der Waals surface area (Å²) in [6, 6.07) is 0.00159. The van der Waals surface area contributed by atoms with Crippen molar-refractivity contribution in [1.29, 1.82) is 0 Å². The first-order chi connectivity index (χ1) is 12.9. The van der Waals surface area contributed by atoms with Crippen molar-refractivity contribution in [3.05, 3.63) is 39.6 Å². The average Bonchev–Trinajstić information content (AvgIpc) is 2.76. The first-order valence-electron chi connectivity index (χ1n) is 9.62. The van der Waals surface area contributed by atoms with Gasteiger partial charge in [-0.15, -0.1) is 0 Å². The van der Waals surface area contributed by atoms with E-state index in [9.17, 15) is 9.59 Å². The van der Waals surface area contributed by atoms with Crippen LogP contribution in [0, 0.1) is 19.8 Å². The third kappa shape index (κ3) is 4.26. The number of rotatable bonds is 5. The quantitative estimate of drug-likeness (QED) is 0.861. The molecule has 1 amide bonds. The van der Waals surface area contributed by atoms with E-state index < -0.39 is 0 Å². The van der Waals surface area contributed by atoms with Gasteiger partial charge in [0.25, 0.3) is 5.91 Å². The molecule has 1 N–H and O–H groups in total. The molecule has 146 valence electrons. The lowest BCUT2D eigenvalue weighted by atomic mass is 10.1. The number of nitrogens with zero attached hydrogens (tertiary/aromatic N) is 5. The van der Waals surface area contributed by atoms with Crippen molar-refractivity contribution in [1.82, 2.24) is 29.6 Å². The molecule has 0 aromatic carbocycles. The second-order valence-electron chi connectivity index (χ2n) is 7.67. The van der Waals surface area contributed by atoms with E-state index in [2.05, 4.69) is 34.2 Å². The number of amides is 1. The van der Waals surface area contributed by atoms with E-state index in [0.29, 0.717) is 48.8 Å². The topological polar surface area (TPSA) is 94.7 Å². The van der Waals surface area contributed by atoms with E-state index >= 15 is 0 Å². The number of fused-ring (bicyclic) bond motifs is 1. The molecule has 0 aliphatic carbocycles. The van der Waals surface area contributed by atoms with E-state index in [1.165, 1.54) is 6.33 Å². The van der Waals surface area contributed by atoms with Crippen molar-refractivity contribution < 1.29 is 4.79 Å². The summed E-state index contributed by atoms with van der Waals surface area (Å²) < 4.78 is 3.34. The van der Waals surface area contributed by atoms with Crippen molar-refractivity contribution in [2.45, 2.75) is 72.5 Å². The normalized spacial score (nSPS) is 16.9. The summed E-state index contributed by atoms with van der Waals surface area (Å²) in [5, 5.41) is 7.60. The molecular formula is C19H28N6O2. The molecule has 1 atom stereocenters. The third-order valence-electron chi connectivity index (χ3n) is 5.12. The SMILES string of the molecule is Cc1ncnc(C)c1C(=O)NC1CCc2nn(CCC(C)C)c(=O)n2CC1.